The summed E-state index contributed by atoms with van der Waals surface area (Å²) in [5.41, 5.74) is 7.71. The average Bonchev–Trinajstić information content (AvgIpc) is 3.26. The average molecular weight is 442 g/mol. The van der Waals surface area contributed by atoms with E-state index in [1.54, 1.807) is 0 Å². The molecule has 1 aliphatic rings. The molecule has 2 nitrogen and oxygen atoms in total. The predicted molar refractivity (Wildman–Crippen MR) is 138 cm³/mol. The van der Waals surface area contributed by atoms with Gasteiger partial charge in [0.1, 0.15) is 11.2 Å². The highest BCUT2D eigenvalue weighted by Gasteiger charge is 2.24. The van der Waals surface area contributed by atoms with Crippen LogP contribution in [0, 0.1) is 0 Å². The van der Waals surface area contributed by atoms with Crippen LogP contribution in [-0.2, 0) is 0 Å². The molecule has 2 heterocycles. The SMILES string of the molecule is c1ccc2c(c1)Sc1ccccc1N2c1ccc(-c2cccc3c2oc2ccccc23)cc1. The zero-order chi connectivity index (χ0) is 21.8. The number of anilines is 3. The topological polar surface area (TPSA) is 16.4 Å². The van der Waals surface area contributed by atoms with Crippen LogP contribution in [0.2, 0.25) is 0 Å². The van der Waals surface area contributed by atoms with Gasteiger partial charge >= 0.3 is 0 Å². The van der Waals surface area contributed by atoms with E-state index in [4.69, 9.17) is 4.42 Å². The molecule has 156 valence electrons. The maximum Gasteiger partial charge on any atom is 0.143 e. The lowest BCUT2D eigenvalue weighted by atomic mass is 10.0. The molecule has 0 aliphatic carbocycles. The Bertz CT molecular complexity index is 1600. The van der Waals surface area contributed by atoms with Gasteiger partial charge in [0.15, 0.2) is 0 Å². The quantitative estimate of drug-likeness (QED) is 0.266. The molecule has 0 saturated heterocycles. The Morgan fingerprint density at radius 1 is 0.545 bits per heavy atom. The van der Waals surface area contributed by atoms with Crippen LogP contribution in [0.15, 0.2) is 129 Å². The van der Waals surface area contributed by atoms with Crippen molar-refractivity contribution in [3.05, 3.63) is 115 Å². The Hall–Kier alpha value is -3.95. The zero-order valence-corrected chi connectivity index (χ0v) is 18.5. The van der Waals surface area contributed by atoms with Crippen molar-refractivity contribution in [2.75, 3.05) is 4.90 Å². The fourth-order valence-electron chi connectivity index (χ4n) is 4.75. The highest BCUT2D eigenvalue weighted by molar-refractivity contribution is 7.99. The van der Waals surface area contributed by atoms with Crippen LogP contribution in [-0.4, -0.2) is 0 Å². The zero-order valence-electron chi connectivity index (χ0n) is 17.7. The van der Waals surface area contributed by atoms with Crippen molar-refractivity contribution < 1.29 is 4.42 Å². The maximum absolute atomic E-state index is 6.26. The third-order valence-corrected chi connectivity index (χ3v) is 7.40. The number of nitrogens with zero attached hydrogens (tertiary/aromatic N) is 1. The van der Waals surface area contributed by atoms with Gasteiger partial charge in [-0.25, -0.2) is 0 Å². The van der Waals surface area contributed by atoms with Gasteiger partial charge in [0.05, 0.1) is 11.4 Å². The molecule has 0 atom stereocenters. The molecule has 1 aliphatic heterocycles. The van der Waals surface area contributed by atoms with Crippen molar-refractivity contribution in [2.45, 2.75) is 9.79 Å². The summed E-state index contributed by atoms with van der Waals surface area (Å²) in [6, 6.07) is 40.6. The first-order valence-corrected chi connectivity index (χ1v) is 11.9. The Labute approximate surface area is 196 Å². The number of rotatable bonds is 2. The number of furan rings is 1. The molecule has 0 bridgehead atoms. The van der Waals surface area contributed by atoms with Crippen molar-refractivity contribution >= 4 is 50.8 Å². The van der Waals surface area contributed by atoms with E-state index < -0.39 is 0 Å². The number of fused-ring (bicyclic) bond motifs is 5. The molecule has 33 heavy (non-hydrogen) atoms. The van der Waals surface area contributed by atoms with E-state index in [9.17, 15) is 0 Å². The van der Waals surface area contributed by atoms with E-state index in [1.165, 1.54) is 21.2 Å². The third kappa shape index (κ3) is 2.90. The summed E-state index contributed by atoms with van der Waals surface area (Å²) < 4.78 is 6.26. The van der Waals surface area contributed by atoms with Crippen molar-refractivity contribution in [3.63, 3.8) is 0 Å². The van der Waals surface area contributed by atoms with E-state index >= 15 is 0 Å². The number of hydrogen-bond acceptors (Lipinski definition) is 3. The smallest absolute Gasteiger partial charge is 0.143 e. The molecular formula is C30H19NOS. The Balaban J connectivity index is 1.36. The normalized spacial score (nSPS) is 12.7. The highest BCUT2D eigenvalue weighted by Crippen LogP contribution is 2.51. The Kier molecular flexibility index (Phi) is 4.11. The molecule has 1 aromatic heterocycles. The molecular weight excluding hydrogens is 422 g/mol. The lowest BCUT2D eigenvalue weighted by Crippen LogP contribution is -2.14. The van der Waals surface area contributed by atoms with Gasteiger partial charge in [0.25, 0.3) is 0 Å². The van der Waals surface area contributed by atoms with Gasteiger partial charge in [-0.3, -0.25) is 0 Å². The van der Waals surface area contributed by atoms with Crippen LogP contribution in [0.1, 0.15) is 0 Å². The lowest BCUT2D eigenvalue weighted by Gasteiger charge is -2.32. The van der Waals surface area contributed by atoms with Gasteiger partial charge in [-0.05, 0) is 48.0 Å². The van der Waals surface area contributed by atoms with Gasteiger partial charge in [0, 0.05) is 31.8 Å². The van der Waals surface area contributed by atoms with Gasteiger partial charge in [-0.2, -0.15) is 0 Å². The van der Waals surface area contributed by atoms with Crippen molar-refractivity contribution in [3.8, 4) is 11.1 Å². The van der Waals surface area contributed by atoms with E-state index in [0.717, 1.165) is 38.8 Å². The third-order valence-electron chi connectivity index (χ3n) is 6.27. The minimum Gasteiger partial charge on any atom is -0.455 e. The van der Waals surface area contributed by atoms with Crippen LogP contribution >= 0.6 is 11.8 Å². The highest BCUT2D eigenvalue weighted by atomic mass is 32.2. The van der Waals surface area contributed by atoms with Crippen LogP contribution in [0.3, 0.4) is 0 Å². The molecule has 0 unspecified atom stereocenters. The standard InChI is InChI=1S/C30H19NOS/c1-4-13-27-23(8-1)24-10-7-9-22(30(24)32-27)20-16-18-21(19-17-20)31-25-11-2-5-14-28(25)33-29-15-6-3-12-26(29)31/h1-19H. The second-order valence-corrected chi connectivity index (χ2v) is 9.28. The van der Waals surface area contributed by atoms with E-state index in [-0.39, 0.29) is 0 Å². The van der Waals surface area contributed by atoms with Crippen LogP contribution in [0.4, 0.5) is 17.1 Å². The summed E-state index contributed by atoms with van der Waals surface area (Å²) in [6.45, 7) is 0. The molecule has 0 fully saturated rings. The molecule has 0 amide bonds. The maximum atomic E-state index is 6.26. The van der Waals surface area contributed by atoms with Crippen LogP contribution in [0.5, 0.6) is 0 Å². The molecule has 0 radical (unpaired) electrons. The first-order chi connectivity index (χ1) is 16.4. The van der Waals surface area contributed by atoms with E-state index in [0.29, 0.717) is 0 Å². The van der Waals surface area contributed by atoms with E-state index in [2.05, 4.69) is 108 Å². The molecule has 3 heteroatoms. The number of hydrogen-bond donors (Lipinski definition) is 0. The molecule has 0 N–H and O–H groups in total. The molecule has 6 aromatic rings. The fourth-order valence-corrected chi connectivity index (χ4v) is 5.81. The molecule has 0 saturated carbocycles. The summed E-state index contributed by atoms with van der Waals surface area (Å²) >= 11 is 1.83. The summed E-state index contributed by atoms with van der Waals surface area (Å²) in [6.07, 6.45) is 0. The van der Waals surface area contributed by atoms with Crippen LogP contribution < -0.4 is 4.90 Å². The summed E-state index contributed by atoms with van der Waals surface area (Å²) in [7, 11) is 0. The second kappa shape index (κ2) is 7.29. The van der Waals surface area contributed by atoms with Crippen molar-refractivity contribution in [2.24, 2.45) is 0 Å². The predicted octanol–water partition coefficient (Wildman–Crippen LogP) is 9.19. The molecule has 0 spiro atoms. The van der Waals surface area contributed by atoms with Gasteiger partial charge in [-0.1, -0.05) is 84.6 Å². The monoisotopic (exact) mass is 441 g/mol. The fraction of sp³-hybridized carbons (Fsp3) is 0. The number of benzene rings is 5. The largest absolute Gasteiger partial charge is 0.455 e. The van der Waals surface area contributed by atoms with Gasteiger partial charge in [-0.15, -0.1) is 0 Å². The summed E-state index contributed by atoms with van der Waals surface area (Å²) in [4.78, 5) is 4.90. The first kappa shape index (κ1) is 18.6. The van der Waals surface area contributed by atoms with Crippen molar-refractivity contribution in [1.29, 1.82) is 0 Å². The Morgan fingerprint density at radius 2 is 1.18 bits per heavy atom. The van der Waals surface area contributed by atoms with Crippen LogP contribution in [0.25, 0.3) is 33.1 Å². The van der Waals surface area contributed by atoms with E-state index in [1.807, 2.05) is 23.9 Å². The summed E-state index contributed by atoms with van der Waals surface area (Å²) in [5, 5.41) is 2.31. The van der Waals surface area contributed by atoms with Crippen molar-refractivity contribution in [1.82, 2.24) is 0 Å². The minimum atomic E-state index is 0.926. The minimum absolute atomic E-state index is 0.926. The molecule has 5 aromatic carbocycles. The second-order valence-electron chi connectivity index (χ2n) is 8.20. The first-order valence-electron chi connectivity index (χ1n) is 11.0. The molecule has 7 rings (SSSR count). The van der Waals surface area contributed by atoms with Gasteiger partial charge < -0.3 is 9.32 Å². The Morgan fingerprint density at radius 3 is 1.94 bits per heavy atom. The van der Waals surface area contributed by atoms with Gasteiger partial charge in [0.2, 0.25) is 0 Å². The number of para-hydroxylation sites is 4. The lowest BCUT2D eigenvalue weighted by molar-refractivity contribution is 0.670. The summed E-state index contributed by atoms with van der Waals surface area (Å²) in [5.74, 6) is 0.